The molecule has 1 aromatic carbocycles. The SMILES string of the molecule is C[C@@]1(c2ccccc2)CC[C@@H](NCC2CN(S(C)(=O)=O)C2)C1. The monoisotopic (exact) mass is 322 g/mol. The summed E-state index contributed by atoms with van der Waals surface area (Å²) in [5.74, 6) is 0.471. The zero-order valence-electron chi connectivity index (χ0n) is 13.5. The summed E-state index contributed by atoms with van der Waals surface area (Å²) in [6.45, 7) is 4.64. The number of rotatable bonds is 5. The Labute approximate surface area is 134 Å². The molecule has 2 aliphatic rings. The molecule has 0 spiro atoms. The maximum atomic E-state index is 11.4. The first-order chi connectivity index (χ1) is 10.4. The zero-order valence-corrected chi connectivity index (χ0v) is 14.3. The van der Waals surface area contributed by atoms with E-state index in [2.05, 4.69) is 42.6 Å². The van der Waals surface area contributed by atoms with Gasteiger partial charge in [-0.3, -0.25) is 0 Å². The van der Waals surface area contributed by atoms with Crippen LogP contribution in [0.5, 0.6) is 0 Å². The Morgan fingerprint density at radius 1 is 1.27 bits per heavy atom. The van der Waals surface area contributed by atoms with Crippen molar-refractivity contribution in [1.82, 2.24) is 9.62 Å². The van der Waals surface area contributed by atoms with Gasteiger partial charge in [0.2, 0.25) is 10.0 Å². The fourth-order valence-corrected chi connectivity index (χ4v) is 4.74. The molecule has 22 heavy (non-hydrogen) atoms. The molecule has 1 N–H and O–H groups in total. The Morgan fingerprint density at radius 3 is 2.59 bits per heavy atom. The minimum atomic E-state index is -2.99. The van der Waals surface area contributed by atoms with Crippen molar-refractivity contribution in [2.24, 2.45) is 5.92 Å². The van der Waals surface area contributed by atoms with Crippen molar-refractivity contribution in [3.05, 3.63) is 35.9 Å². The molecule has 1 aromatic rings. The van der Waals surface area contributed by atoms with E-state index in [-0.39, 0.29) is 5.41 Å². The zero-order chi connectivity index (χ0) is 15.8. The molecular formula is C17H26N2O2S. The minimum Gasteiger partial charge on any atom is -0.314 e. The van der Waals surface area contributed by atoms with Crippen LogP contribution in [0.25, 0.3) is 0 Å². The van der Waals surface area contributed by atoms with Gasteiger partial charge >= 0.3 is 0 Å². The number of hydrogen-bond acceptors (Lipinski definition) is 3. The molecule has 122 valence electrons. The van der Waals surface area contributed by atoms with Crippen molar-refractivity contribution in [3.8, 4) is 0 Å². The molecule has 5 heteroatoms. The van der Waals surface area contributed by atoms with Crippen LogP contribution in [-0.4, -0.2) is 44.7 Å². The molecule has 4 nitrogen and oxygen atoms in total. The Hall–Kier alpha value is -0.910. The van der Waals surface area contributed by atoms with Crippen molar-refractivity contribution < 1.29 is 8.42 Å². The second-order valence-corrected chi connectivity index (χ2v) is 9.20. The number of benzene rings is 1. The van der Waals surface area contributed by atoms with Crippen LogP contribution in [0, 0.1) is 5.92 Å². The van der Waals surface area contributed by atoms with Crippen LogP contribution in [0.4, 0.5) is 0 Å². The number of hydrogen-bond donors (Lipinski definition) is 1. The van der Waals surface area contributed by atoms with Crippen molar-refractivity contribution in [2.45, 2.75) is 37.6 Å². The number of nitrogens with zero attached hydrogens (tertiary/aromatic N) is 1. The van der Waals surface area contributed by atoms with Gasteiger partial charge in [0.25, 0.3) is 0 Å². The van der Waals surface area contributed by atoms with Crippen LogP contribution in [0.3, 0.4) is 0 Å². The molecule has 0 aromatic heterocycles. The van der Waals surface area contributed by atoms with Crippen LogP contribution >= 0.6 is 0 Å². The molecule has 0 amide bonds. The quantitative estimate of drug-likeness (QED) is 0.902. The minimum absolute atomic E-state index is 0.275. The molecule has 1 heterocycles. The smallest absolute Gasteiger partial charge is 0.211 e. The van der Waals surface area contributed by atoms with Crippen LogP contribution < -0.4 is 5.32 Å². The molecule has 0 radical (unpaired) electrons. The average molecular weight is 322 g/mol. The summed E-state index contributed by atoms with van der Waals surface area (Å²) in [7, 11) is -2.99. The molecule has 0 bridgehead atoms. The molecule has 3 rings (SSSR count). The van der Waals surface area contributed by atoms with Crippen molar-refractivity contribution in [1.29, 1.82) is 0 Å². The van der Waals surface area contributed by atoms with E-state index >= 15 is 0 Å². The van der Waals surface area contributed by atoms with E-state index in [0.29, 0.717) is 25.0 Å². The third-order valence-corrected chi connectivity index (χ3v) is 6.54. The van der Waals surface area contributed by atoms with Crippen molar-refractivity contribution in [2.75, 3.05) is 25.9 Å². The Kier molecular flexibility index (Phi) is 4.32. The van der Waals surface area contributed by atoms with Gasteiger partial charge in [-0.05, 0) is 36.2 Å². The second kappa shape index (κ2) is 5.95. The van der Waals surface area contributed by atoms with Crippen LogP contribution in [0.15, 0.2) is 30.3 Å². The Balaban J connectivity index is 1.47. The van der Waals surface area contributed by atoms with Gasteiger partial charge in [0.1, 0.15) is 0 Å². The van der Waals surface area contributed by atoms with E-state index in [0.717, 1.165) is 6.54 Å². The number of nitrogens with one attached hydrogen (secondary N) is 1. The fourth-order valence-electron chi connectivity index (χ4n) is 3.77. The van der Waals surface area contributed by atoms with E-state index in [9.17, 15) is 8.42 Å². The highest BCUT2D eigenvalue weighted by Crippen LogP contribution is 2.40. The summed E-state index contributed by atoms with van der Waals surface area (Å²) >= 11 is 0. The van der Waals surface area contributed by atoms with Gasteiger partial charge in [0.05, 0.1) is 6.26 Å². The molecule has 2 fully saturated rings. The third kappa shape index (κ3) is 3.36. The van der Waals surface area contributed by atoms with Gasteiger partial charge in [0.15, 0.2) is 0 Å². The highest BCUT2D eigenvalue weighted by atomic mass is 32.2. The van der Waals surface area contributed by atoms with E-state index < -0.39 is 10.0 Å². The van der Waals surface area contributed by atoms with E-state index in [1.54, 1.807) is 4.31 Å². The van der Waals surface area contributed by atoms with Crippen LogP contribution in [0.1, 0.15) is 31.7 Å². The van der Waals surface area contributed by atoms with Gasteiger partial charge in [-0.1, -0.05) is 37.3 Å². The number of sulfonamides is 1. The lowest BCUT2D eigenvalue weighted by Crippen LogP contribution is -2.53. The van der Waals surface area contributed by atoms with Crippen molar-refractivity contribution >= 4 is 10.0 Å². The molecule has 1 saturated carbocycles. The Bertz CT molecular complexity index is 611. The standard InChI is InChI=1S/C17H26N2O2S/c1-17(15-6-4-3-5-7-15)9-8-16(10-17)18-11-14-12-19(13-14)22(2,20)21/h3-7,14,16,18H,8-13H2,1-2H3/t16-,17-/m1/s1. The summed E-state index contributed by atoms with van der Waals surface area (Å²) < 4.78 is 24.3. The predicted octanol–water partition coefficient (Wildman–Crippen LogP) is 1.98. The normalized spacial score (nSPS) is 30.4. The highest BCUT2D eigenvalue weighted by Gasteiger charge is 2.38. The van der Waals surface area contributed by atoms with Crippen molar-refractivity contribution in [3.63, 3.8) is 0 Å². The molecule has 1 saturated heterocycles. The van der Waals surface area contributed by atoms with Crippen LogP contribution in [0.2, 0.25) is 0 Å². The first kappa shape index (κ1) is 16.0. The Morgan fingerprint density at radius 2 is 1.95 bits per heavy atom. The summed E-state index contributed by atoms with van der Waals surface area (Å²) in [5.41, 5.74) is 1.71. The van der Waals surface area contributed by atoms with Gasteiger partial charge in [-0.25, -0.2) is 12.7 Å². The van der Waals surface area contributed by atoms with Crippen LogP contribution in [-0.2, 0) is 15.4 Å². The van der Waals surface area contributed by atoms with Gasteiger partial charge in [0, 0.05) is 25.7 Å². The summed E-state index contributed by atoms with van der Waals surface area (Å²) in [4.78, 5) is 0. The fraction of sp³-hybridized carbons (Fsp3) is 0.647. The first-order valence-electron chi connectivity index (χ1n) is 8.11. The predicted molar refractivity (Wildman–Crippen MR) is 89.3 cm³/mol. The van der Waals surface area contributed by atoms with Gasteiger partial charge in [-0.15, -0.1) is 0 Å². The van der Waals surface area contributed by atoms with E-state index in [1.807, 2.05) is 0 Å². The molecule has 1 aliphatic heterocycles. The molecule has 2 atom stereocenters. The van der Waals surface area contributed by atoms with E-state index in [4.69, 9.17) is 0 Å². The van der Waals surface area contributed by atoms with Gasteiger partial charge in [-0.2, -0.15) is 0 Å². The second-order valence-electron chi connectivity index (χ2n) is 7.22. The van der Waals surface area contributed by atoms with E-state index in [1.165, 1.54) is 31.1 Å². The highest BCUT2D eigenvalue weighted by molar-refractivity contribution is 7.88. The summed E-state index contributed by atoms with van der Waals surface area (Å²) in [5, 5.41) is 3.66. The third-order valence-electron chi connectivity index (χ3n) is 5.30. The molecule has 1 aliphatic carbocycles. The maximum absolute atomic E-state index is 11.4. The lowest BCUT2D eigenvalue weighted by molar-refractivity contribution is 0.192. The molecular weight excluding hydrogens is 296 g/mol. The molecule has 0 unspecified atom stereocenters. The largest absolute Gasteiger partial charge is 0.314 e. The lowest BCUT2D eigenvalue weighted by atomic mass is 9.81. The topological polar surface area (TPSA) is 49.4 Å². The lowest BCUT2D eigenvalue weighted by Gasteiger charge is -2.38. The average Bonchev–Trinajstić information content (AvgIpc) is 2.80. The maximum Gasteiger partial charge on any atom is 0.211 e. The summed E-state index contributed by atoms with van der Waals surface area (Å²) in [6, 6.07) is 11.3. The first-order valence-corrected chi connectivity index (χ1v) is 9.96. The summed E-state index contributed by atoms with van der Waals surface area (Å²) in [6.07, 6.45) is 4.88. The van der Waals surface area contributed by atoms with Gasteiger partial charge < -0.3 is 5.32 Å².